The number of nitrogens with one attached hydrogen (secondary N) is 1. The van der Waals surface area contributed by atoms with Crippen LogP contribution < -0.4 is 14.4 Å². The average molecular weight is 560 g/mol. The fraction of sp³-hybridized carbons (Fsp3) is 0.296. The SMILES string of the molecule is CCOc1ccc(S(=O)(=O)N(CC(=O)Nc2ccc(S(=O)(=O)N(CC)CC)cc2)c2ccc(C)cc2)cc1. The highest BCUT2D eigenvalue weighted by Gasteiger charge is 2.28. The van der Waals surface area contributed by atoms with Gasteiger partial charge in [-0.25, -0.2) is 16.8 Å². The summed E-state index contributed by atoms with van der Waals surface area (Å²) in [5, 5.41) is 2.67. The van der Waals surface area contributed by atoms with Crippen molar-refractivity contribution in [3.63, 3.8) is 0 Å². The number of carbonyl (C=O) groups excluding carboxylic acids is 1. The molecule has 0 aromatic heterocycles. The molecule has 11 heteroatoms. The van der Waals surface area contributed by atoms with Gasteiger partial charge in [-0.3, -0.25) is 9.10 Å². The van der Waals surface area contributed by atoms with E-state index in [2.05, 4.69) is 5.32 Å². The number of rotatable bonds is 12. The van der Waals surface area contributed by atoms with Crippen LogP contribution in [0.25, 0.3) is 0 Å². The lowest BCUT2D eigenvalue weighted by atomic mass is 10.2. The molecule has 0 radical (unpaired) electrons. The topological polar surface area (TPSA) is 113 Å². The van der Waals surface area contributed by atoms with E-state index in [1.165, 1.54) is 40.7 Å². The van der Waals surface area contributed by atoms with Crippen molar-refractivity contribution in [3.8, 4) is 5.75 Å². The predicted octanol–water partition coefficient (Wildman–Crippen LogP) is 4.26. The second-order valence-electron chi connectivity index (χ2n) is 8.41. The lowest BCUT2D eigenvalue weighted by Gasteiger charge is -2.24. The van der Waals surface area contributed by atoms with Gasteiger partial charge in [-0.2, -0.15) is 4.31 Å². The van der Waals surface area contributed by atoms with Crippen LogP contribution in [0.3, 0.4) is 0 Å². The highest BCUT2D eigenvalue weighted by atomic mass is 32.2. The lowest BCUT2D eigenvalue weighted by molar-refractivity contribution is -0.114. The summed E-state index contributed by atoms with van der Waals surface area (Å²) < 4.78 is 60.4. The molecule has 0 atom stereocenters. The van der Waals surface area contributed by atoms with Crippen molar-refractivity contribution in [1.82, 2.24) is 4.31 Å². The third-order valence-electron chi connectivity index (χ3n) is 5.81. The van der Waals surface area contributed by atoms with Gasteiger partial charge in [-0.1, -0.05) is 31.5 Å². The summed E-state index contributed by atoms with van der Waals surface area (Å²) in [4.78, 5) is 13.1. The smallest absolute Gasteiger partial charge is 0.264 e. The van der Waals surface area contributed by atoms with Gasteiger partial charge in [-0.15, -0.1) is 0 Å². The quantitative estimate of drug-likeness (QED) is 0.355. The van der Waals surface area contributed by atoms with Gasteiger partial charge in [0.05, 0.1) is 22.1 Å². The average Bonchev–Trinajstić information content (AvgIpc) is 2.89. The highest BCUT2D eigenvalue weighted by molar-refractivity contribution is 7.92. The Morgan fingerprint density at radius 2 is 1.29 bits per heavy atom. The summed E-state index contributed by atoms with van der Waals surface area (Å²) in [5.41, 5.74) is 1.62. The van der Waals surface area contributed by atoms with Crippen LogP contribution in [0, 0.1) is 6.92 Å². The minimum Gasteiger partial charge on any atom is -0.494 e. The molecule has 0 aliphatic rings. The van der Waals surface area contributed by atoms with Crippen LogP contribution >= 0.6 is 0 Å². The molecule has 38 heavy (non-hydrogen) atoms. The maximum absolute atomic E-state index is 13.6. The van der Waals surface area contributed by atoms with Crippen molar-refractivity contribution in [3.05, 3.63) is 78.4 Å². The molecule has 3 rings (SSSR count). The standard InChI is InChI=1S/C27H33N3O6S2/c1-5-29(6-2)37(32,33)25-16-10-22(11-17-25)28-27(31)20-30(23-12-8-21(4)9-13-23)38(34,35)26-18-14-24(15-19-26)36-7-3/h8-19H,5-7,20H2,1-4H3,(H,28,31). The summed E-state index contributed by atoms with van der Waals surface area (Å²) in [6.07, 6.45) is 0. The molecule has 204 valence electrons. The molecule has 0 aliphatic heterocycles. The molecule has 3 aromatic rings. The molecular formula is C27H33N3O6S2. The van der Waals surface area contributed by atoms with Crippen LogP contribution in [0.2, 0.25) is 0 Å². The van der Waals surface area contributed by atoms with E-state index >= 15 is 0 Å². The van der Waals surface area contributed by atoms with Gasteiger partial charge in [0.2, 0.25) is 15.9 Å². The maximum atomic E-state index is 13.6. The number of sulfonamides is 2. The molecule has 9 nitrogen and oxygen atoms in total. The molecule has 0 aliphatic carbocycles. The molecule has 0 fully saturated rings. The van der Waals surface area contributed by atoms with Crippen LogP contribution in [0.1, 0.15) is 26.3 Å². The Morgan fingerprint density at radius 3 is 1.82 bits per heavy atom. The van der Waals surface area contributed by atoms with E-state index in [1.54, 1.807) is 50.2 Å². The van der Waals surface area contributed by atoms with Crippen molar-refractivity contribution in [1.29, 1.82) is 0 Å². The van der Waals surface area contributed by atoms with Gasteiger partial charge >= 0.3 is 0 Å². The number of hydrogen-bond donors (Lipinski definition) is 1. The van der Waals surface area contributed by atoms with Gasteiger partial charge in [-0.05, 0) is 74.5 Å². The Hall–Kier alpha value is -3.41. The molecule has 1 N–H and O–H groups in total. The van der Waals surface area contributed by atoms with E-state index in [4.69, 9.17) is 4.74 Å². The zero-order valence-corrected chi connectivity index (χ0v) is 23.6. The van der Waals surface area contributed by atoms with Crippen LogP contribution in [-0.4, -0.2) is 53.3 Å². The Labute approximate surface area is 225 Å². The maximum Gasteiger partial charge on any atom is 0.264 e. The van der Waals surface area contributed by atoms with Crippen LogP contribution in [-0.2, 0) is 24.8 Å². The van der Waals surface area contributed by atoms with Crippen LogP contribution in [0.4, 0.5) is 11.4 Å². The number of benzene rings is 3. The van der Waals surface area contributed by atoms with Crippen molar-refractivity contribution in [2.24, 2.45) is 0 Å². The second-order valence-corrected chi connectivity index (χ2v) is 12.2. The normalized spacial score (nSPS) is 11.8. The number of aryl methyl sites for hydroxylation is 1. The van der Waals surface area contributed by atoms with Crippen molar-refractivity contribution >= 4 is 37.3 Å². The molecule has 3 aromatic carbocycles. The summed E-state index contributed by atoms with van der Waals surface area (Å²) in [6.45, 7) is 7.88. The molecule has 0 heterocycles. The van der Waals surface area contributed by atoms with E-state index < -0.39 is 32.5 Å². The van der Waals surface area contributed by atoms with Gasteiger partial charge in [0.15, 0.2) is 0 Å². The van der Waals surface area contributed by atoms with Gasteiger partial charge in [0, 0.05) is 18.8 Å². The Kier molecular flexibility index (Phi) is 9.53. The van der Waals surface area contributed by atoms with Crippen LogP contribution in [0.15, 0.2) is 82.6 Å². The zero-order chi connectivity index (χ0) is 27.9. The number of hydrogen-bond acceptors (Lipinski definition) is 6. The number of ether oxygens (including phenoxy) is 1. The number of amides is 1. The van der Waals surface area contributed by atoms with Gasteiger partial charge < -0.3 is 10.1 Å². The fourth-order valence-electron chi connectivity index (χ4n) is 3.78. The van der Waals surface area contributed by atoms with E-state index in [0.717, 1.165) is 9.87 Å². The molecule has 0 saturated heterocycles. The Balaban J connectivity index is 1.85. The molecule has 0 spiro atoms. The molecule has 1 amide bonds. The minimum absolute atomic E-state index is 0.0142. The summed E-state index contributed by atoms with van der Waals surface area (Å²) >= 11 is 0. The molecular weight excluding hydrogens is 526 g/mol. The minimum atomic E-state index is -4.10. The van der Waals surface area contributed by atoms with E-state index in [1.807, 2.05) is 13.8 Å². The van der Waals surface area contributed by atoms with E-state index in [0.29, 0.717) is 36.8 Å². The molecule has 0 unspecified atom stereocenters. The third kappa shape index (κ3) is 6.72. The summed E-state index contributed by atoms with van der Waals surface area (Å²) in [5.74, 6) is -0.0445. The summed E-state index contributed by atoms with van der Waals surface area (Å²) in [6, 6.07) is 18.6. The molecule has 0 saturated carbocycles. The van der Waals surface area contributed by atoms with E-state index in [9.17, 15) is 21.6 Å². The number of nitrogens with zero attached hydrogens (tertiary/aromatic N) is 2. The predicted molar refractivity (Wildman–Crippen MR) is 149 cm³/mol. The monoisotopic (exact) mass is 559 g/mol. The van der Waals surface area contributed by atoms with Gasteiger partial charge in [0.1, 0.15) is 12.3 Å². The Bertz CT molecular complexity index is 1430. The lowest BCUT2D eigenvalue weighted by Crippen LogP contribution is -2.38. The largest absolute Gasteiger partial charge is 0.494 e. The second kappa shape index (κ2) is 12.4. The zero-order valence-electron chi connectivity index (χ0n) is 21.9. The third-order valence-corrected chi connectivity index (χ3v) is 9.67. The van der Waals surface area contributed by atoms with Crippen molar-refractivity contribution < 1.29 is 26.4 Å². The molecule has 0 bridgehead atoms. The summed E-state index contributed by atoms with van der Waals surface area (Å²) in [7, 11) is -7.73. The van der Waals surface area contributed by atoms with Gasteiger partial charge in [0.25, 0.3) is 10.0 Å². The Morgan fingerprint density at radius 1 is 0.763 bits per heavy atom. The first kappa shape index (κ1) is 29.2. The number of anilines is 2. The van der Waals surface area contributed by atoms with Crippen molar-refractivity contribution in [2.75, 3.05) is 35.9 Å². The first-order valence-electron chi connectivity index (χ1n) is 12.2. The van der Waals surface area contributed by atoms with E-state index in [-0.39, 0.29) is 9.79 Å². The fourth-order valence-corrected chi connectivity index (χ4v) is 6.66. The number of carbonyl (C=O) groups is 1. The van der Waals surface area contributed by atoms with Crippen molar-refractivity contribution in [2.45, 2.75) is 37.5 Å². The first-order chi connectivity index (χ1) is 18.0. The first-order valence-corrected chi connectivity index (χ1v) is 15.1. The van der Waals surface area contributed by atoms with Crippen LogP contribution in [0.5, 0.6) is 5.75 Å². The highest BCUT2D eigenvalue weighted by Crippen LogP contribution is 2.26.